The van der Waals surface area contributed by atoms with Crippen LogP contribution in [0.3, 0.4) is 0 Å². The number of hydrogen-bond acceptors (Lipinski definition) is 7. The molecular formula is C30H37N7O2. The van der Waals surface area contributed by atoms with Gasteiger partial charge in [0, 0.05) is 74.0 Å². The Hall–Kier alpha value is -3.82. The predicted molar refractivity (Wildman–Crippen MR) is 153 cm³/mol. The number of nitrogens with one attached hydrogen (secondary N) is 2. The van der Waals surface area contributed by atoms with Crippen LogP contribution in [-0.2, 0) is 6.54 Å². The molecule has 1 aliphatic heterocycles. The molecule has 2 fully saturated rings. The summed E-state index contributed by atoms with van der Waals surface area (Å²) in [7, 11) is 0. The molecule has 2 unspecified atom stereocenters. The molecule has 1 saturated carbocycles. The summed E-state index contributed by atoms with van der Waals surface area (Å²) < 4.78 is 0. The molecule has 0 radical (unpaired) electrons. The summed E-state index contributed by atoms with van der Waals surface area (Å²) in [5.74, 6) is 0.386. The summed E-state index contributed by atoms with van der Waals surface area (Å²) in [6.07, 6.45) is 7.51. The van der Waals surface area contributed by atoms with E-state index in [4.69, 9.17) is 5.73 Å². The smallest absolute Gasteiger partial charge is 0.255 e. The SMILES string of the molecule is Cc1ccc(C(=O)Nc2cc(C(=O)NC3CCCCC3N)ccc2CN2CCN(c3ncccn3)CC2)cc1. The number of benzene rings is 2. The molecule has 9 nitrogen and oxygen atoms in total. The van der Waals surface area contributed by atoms with E-state index in [1.807, 2.05) is 49.4 Å². The van der Waals surface area contributed by atoms with E-state index in [9.17, 15) is 9.59 Å². The van der Waals surface area contributed by atoms with Crippen molar-refractivity contribution in [2.24, 2.45) is 5.73 Å². The summed E-state index contributed by atoms with van der Waals surface area (Å²) in [6, 6.07) is 14.8. The molecule has 9 heteroatoms. The Morgan fingerprint density at radius 2 is 1.62 bits per heavy atom. The first-order chi connectivity index (χ1) is 19.0. The fourth-order valence-electron chi connectivity index (χ4n) is 5.26. The molecule has 2 heterocycles. The zero-order valence-corrected chi connectivity index (χ0v) is 22.5. The Morgan fingerprint density at radius 1 is 0.923 bits per heavy atom. The quantitative estimate of drug-likeness (QED) is 0.431. The highest BCUT2D eigenvalue weighted by Gasteiger charge is 2.25. The first kappa shape index (κ1) is 26.8. The Bertz CT molecular complexity index is 1270. The van der Waals surface area contributed by atoms with Crippen molar-refractivity contribution in [2.75, 3.05) is 36.4 Å². The maximum Gasteiger partial charge on any atom is 0.255 e. The van der Waals surface area contributed by atoms with Crippen LogP contribution in [0.25, 0.3) is 0 Å². The largest absolute Gasteiger partial charge is 0.348 e. The Labute approximate surface area is 229 Å². The second-order valence-electron chi connectivity index (χ2n) is 10.5. The van der Waals surface area contributed by atoms with Crippen molar-refractivity contribution in [3.05, 3.63) is 83.2 Å². The van der Waals surface area contributed by atoms with E-state index in [0.29, 0.717) is 23.4 Å². The van der Waals surface area contributed by atoms with Crippen LogP contribution in [0.4, 0.5) is 11.6 Å². The van der Waals surface area contributed by atoms with Crippen LogP contribution in [0, 0.1) is 6.92 Å². The summed E-state index contributed by atoms with van der Waals surface area (Å²) in [6.45, 7) is 5.96. The maximum absolute atomic E-state index is 13.2. The first-order valence-corrected chi connectivity index (χ1v) is 13.8. The van der Waals surface area contributed by atoms with Crippen LogP contribution >= 0.6 is 0 Å². The molecular weight excluding hydrogens is 490 g/mol. The molecule has 2 amide bonds. The zero-order chi connectivity index (χ0) is 27.2. The summed E-state index contributed by atoms with van der Waals surface area (Å²) in [5.41, 5.74) is 10.1. The van der Waals surface area contributed by atoms with E-state index < -0.39 is 0 Å². The third kappa shape index (κ3) is 6.79. The number of aromatic nitrogens is 2. The molecule has 1 aliphatic carbocycles. The van der Waals surface area contributed by atoms with Gasteiger partial charge in [0.15, 0.2) is 0 Å². The van der Waals surface area contributed by atoms with Crippen LogP contribution in [0.15, 0.2) is 60.9 Å². The van der Waals surface area contributed by atoms with Gasteiger partial charge in [0.2, 0.25) is 5.95 Å². The fourth-order valence-corrected chi connectivity index (χ4v) is 5.26. The van der Waals surface area contributed by atoms with E-state index in [2.05, 4.69) is 30.4 Å². The lowest BCUT2D eigenvalue weighted by Crippen LogP contribution is -2.49. The monoisotopic (exact) mass is 527 g/mol. The molecule has 2 aliphatic rings. The van der Waals surface area contributed by atoms with Gasteiger partial charge in [-0.25, -0.2) is 9.97 Å². The van der Waals surface area contributed by atoms with Gasteiger partial charge in [0.1, 0.15) is 0 Å². The van der Waals surface area contributed by atoms with E-state index in [-0.39, 0.29) is 23.9 Å². The molecule has 39 heavy (non-hydrogen) atoms. The number of amides is 2. The highest BCUT2D eigenvalue weighted by atomic mass is 16.2. The topological polar surface area (TPSA) is 116 Å². The van der Waals surface area contributed by atoms with Crippen molar-refractivity contribution in [1.29, 1.82) is 0 Å². The van der Waals surface area contributed by atoms with Crippen molar-refractivity contribution in [3.8, 4) is 0 Å². The lowest BCUT2D eigenvalue weighted by Gasteiger charge is -2.35. The minimum absolute atomic E-state index is 0.0253. The standard InChI is InChI=1S/C30H37N7O2/c1-21-7-9-22(10-8-21)28(38)35-27-19-23(29(39)34-26-6-3-2-5-25(26)31)11-12-24(27)20-36-15-17-37(18-16-36)30-32-13-4-14-33-30/h4,7-14,19,25-26H,2-3,5-6,15-18,20,31H2,1H3,(H,34,39)(H,35,38). The second-order valence-corrected chi connectivity index (χ2v) is 10.5. The lowest BCUT2D eigenvalue weighted by atomic mass is 9.91. The van der Waals surface area contributed by atoms with Gasteiger partial charge in [0.05, 0.1) is 0 Å². The first-order valence-electron chi connectivity index (χ1n) is 13.8. The van der Waals surface area contributed by atoms with E-state index in [1.165, 1.54) is 0 Å². The molecule has 204 valence electrons. The number of aryl methyl sites for hydroxylation is 1. The molecule has 3 aromatic rings. The molecule has 2 atom stereocenters. The van der Waals surface area contributed by atoms with Crippen molar-refractivity contribution >= 4 is 23.5 Å². The highest BCUT2D eigenvalue weighted by Crippen LogP contribution is 2.23. The summed E-state index contributed by atoms with van der Waals surface area (Å²) in [4.78, 5) is 39.6. The molecule has 0 spiro atoms. The number of nitrogens with zero attached hydrogens (tertiary/aromatic N) is 4. The summed E-state index contributed by atoms with van der Waals surface area (Å²) in [5, 5.41) is 6.20. The minimum atomic E-state index is -0.200. The summed E-state index contributed by atoms with van der Waals surface area (Å²) >= 11 is 0. The van der Waals surface area contributed by atoms with E-state index in [0.717, 1.165) is 68.9 Å². The van der Waals surface area contributed by atoms with Crippen LogP contribution < -0.4 is 21.3 Å². The van der Waals surface area contributed by atoms with Crippen molar-refractivity contribution in [3.63, 3.8) is 0 Å². The minimum Gasteiger partial charge on any atom is -0.348 e. The Morgan fingerprint density at radius 3 is 2.33 bits per heavy atom. The number of anilines is 2. The molecule has 5 rings (SSSR count). The van der Waals surface area contributed by atoms with Gasteiger partial charge >= 0.3 is 0 Å². The number of carbonyl (C=O) groups excluding carboxylic acids is 2. The van der Waals surface area contributed by atoms with Crippen LogP contribution in [0.1, 0.15) is 57.5 Å². The number of hydrogen-bond donors (Lipinski definition) is 3. The van der Waals surface area contributed by atoms with Gasteiger partial charge in [-0.2, -0.15) is 0 Å². The molecule has 4 N–H and O–H groups in total. The Kier molecular flexibility index (Phi) is 8.48. The van der Waals surface area contributed by atoms with Crippen LogP contribution in [0.5, 0.6) is 0 Å². The average Bonchev–Trinajstić information content (AvgIpc) is 2.96. The predicted octanol–water partition coefficient (Wildman–Crippen LogP) is 3.36. The number of nitrogens with two attached hydrogens (primary N) is 1. The van der Waals surface area contributed by atoms with Crippen molar-refractivity contribution < 1.29 is 9.59 Å². The Balaban J connectivity index is 1.32. The van der Waals surface area contributed by atoms with Gasteiger partial charge in [-0.1, -0.05) is 36.6 Å². The zero-order valence-electron chi connectivity index (χ0n) is 22.5. The number of carbonyl (C=O) groups is 2. The molecule has 0 bridgehead atoms. The molecule has 1 aromatic heterocycles. The third-order valence-corrected chi connectivity index (χ3v) is 7.67. The van der Waals surface area contributed by atoms with E-state index >= 15 is 0 Å². The van der Waals surface area contributed by atoms with Crippen LogP contribution in [0.2, 0.25) is 0 Å². The van der Waals surface area contributed by atoms with Gasteiger partial charge in [-0.05, 0) is 55.7 Å². The maximum atomic E-state index is 13.2. The number of rotatable bonds is 7. The van der Waals surface area contributed by atoms with Gasteiger partial charge in [-0.15, -0.1) is 0 Å². The second kappa shape index (κ2) is 12.4. The highest BCUT2D eigenvalue weighted by molar-refractivity contribution is 6.05. The number of piperazine rings is 1. The van der Waals surface area contributed by atoms with Gasteiger partial charge < -0.3 is 21.3 Å². The van der Waals surface area contributed by atoms with Gasteiger partial charge in [-0.3, -0.25) is 14.5 Å². The van der Waals surface area contributed by atoms with Crippen LogP contribution in [-0.4, -0.2) is 64.9 Å². The van der Waals surface area contributed by atoms with E-state index in [1.54, 1.807) is 18.5 Å². The average molecular weight is 528 g/mol. The lowest BCUT2D eigenvalue weighted by molar-refractivity contribution is 0.0920. The molecule has 2 aromatic carbocycles. The normalized spacial score (nSPS) is 19.9. The van der Waals surface area contributed by atoms with Crippen molar-refractivity contribution in [1.82, 2.24) is 20.2 Å². The third-order valence-electron chi connectivity index (χ3n) is 7.67. The van der Waals surface area contributed by atoms with Gasteiger partial charge in [0.25, 0.3) is 11.8 Å². The van der Waals surface area contributed by atoms with Crippen molar-refractivity contribution in [2.45, 2.75) is 51.2 Å². The fraction of sp³-hybridized carbons (Fsp3) is 0.400. The molecule has 1 saturated heterocycles.